The SMILES string of the molecule is CNC1c2cc(OC)ccc2CCC1S(=O)C1CCCC1. The quantitative estimate of drug-likeness (QED) is 0.929. The van der Waals surface area contributed by atoms with Gasteiger partial charge in [0.2, 0.25) is 0 Å². The smallest absolute Gasteiger partial charge is 0.119 e. The Hall–Kier alpha value is -0.870. The number of fused-ring (bicyclic) bond motifs is 1. The Kier molecular flexibility index (Phi) is 4.65. The zero-order chi connectivity index (χ0) is 14.8. The Labute approximate surface area is 129 Å². The van der Waals surface area contributed by atoms with Gasteiger partial charge in [0, 0.05) is 22.1 Å². The molecule has 116 valence electrons. The molecule has 0 bridgehead atoms. The Bertz CT molecular complexity index is 526. The molecule has 3 rings (SSSR count). The Morgan fingerprint density at radius 2 is 2.00 bits per heavy atom. The predicted octanol–water partition coefficient (Wildman–Crippen LogP) is 2.96. The molecule has 3 atom stereocenters. The molecule has 0 saturated heterocycles. The molecule has 1 saturated carbocycles. The van der Waals surface area contributed by atoms with Crippen molar-refractivity contribution in [3.63, 3.8) is 0 Å². The molecular weight excluding hydrogens is 282 g/mol. The van der Waals surface area contributed by atoms with Gasteiger partial charge in [-0.25, -0.2) is 0 Å². The summed E-state index contributed by atoms with van der Waals surface area (Å²) in [6.07, 6.45) is 6.83. The van der Waals surface area contributed by atoms with Crippen LogP contribution in [0.25, 0.3) is 0 Å². The van der Waals surface area contributed by atoms with Crippen LogP contribution in [0.3, 0.4) is 0 Å². The molecule has 1 fully saturated rings. The predicted molar refractivity (Wildman–Crippen MR) is 87.3 cm³/mol. The fourth-order valence-corrected chi connectivity index (χ4v) is 6.03. The van der Waals surface area contributed by atoms with Gasteiger partial charge in [-0.2, -0.15) is 0 Å². The Morgan fingerprint density at radius 3 is 2.67 bits per heavy atom. The summed E-state index contributed by atoms with van der Waals surface area (Å²) in [5, 5.41) is 4.07. The number of methoxy groups -OCH3 is 1. The second-order valence-electron chi connectivity index (χ2n) is 6.14. The number of hydrogen-bond acceptors (Lipinski definition) is 3. The van der Waals surface area contributed by atoms with Crippen LogP contribution in [0.15, 0.2) is 18.2 Å². The van der Waals surface area contributed by atoms with E-state index in [1.807, 2.05) is 13.1 Å². The largest absolute Gasteiger partial charge is 0.497 e. The van der Waals surface area contributed by atoms with Crippen molar-refractivity contribution in [1.82, 2.24) is 5.32 Å². The van der Waals surface area contributed by atoms with E-state index in [-0.39, 0.29) is 11.3 Å². The molecule has 0 heterocycles. The first-order chi connectivity index (χ1) is 10.2. The van der Waals surface area contributed by atoms with Crippen molar-refractivity contribution >= 4 is 10.8 Å². The van der Waals surface area contributed by atoms with Crippen molar-refractivity contribution in [2.75, 3.05) is 14.2 Å². The van der Waals surface area contributed by atoms with Crippen molar-refractivity contribution in [3.8, 4) is 5.75 Å². The minimum Gasteiger partial charge on any atom is -0.497 e. The van der Waals surface area contributed by atoms with Crippen LogP contribution in [-0.4, -0.2) is 28.9 Å². The van der Waals surface area contributed by atoms with Crippen LogP contribution in [0.1, 0.15) is 49.3 Å². The molecule has 4 heteroatoms. The normalized spacial score (nSPS) is 27.3. The molecule has 21 heavy (non-hydrogen) atoms. The lowest BCUT2D eigenvalue weighted by Gasteiger charge is -2.34. The van der Waals surface area contributed by atoms with E-state index >= 15 is 0 Å². The van der Waals surface area contributed by atoms with Gasteiger partial charge in [0.1, 0.15) is 5.75 Å². The van der Waals surface area contributed by atoms with Gasteiger partial charge < -0.3 is 10.1 Å². The monoisotopic (exact) mass is 307 g/mol. The zero-order valence-corrected chi connectivity index (χ0v) is 13.7. The maximum absolute atomic E-state index is 13.0. The highest BCUT2D eigenvalue weighted by Gasteiger charge is 2.36. The number of benzene rings is 1. The minimum atomic E-state index is -0.731. The first kappa shape index (κ1) is 15.0. The molecule has 0 aromatic heterocycles. The second-order valence-corrected chi connectivity index (χ2v) is 8.07. The van der Waals surface area contributed by atoms with Gasteiger partial charge in [0.25, 0.3) is 0 Å². The summed E-state index contributed by atoms with van der Waals surface area (Å²) in [6, 6.07) is 6.49. The summed E-state index contributed by atoms with van der Waals surface area (Å²) in [5.74, 6) is 0.890. The van der Waals surface area contributed by atoms with Crippen molar-refractivity contribution in [3.05, 3.63) is 29.3 Å². The van der Waals surface area contributed by atoms with Gasteiger partial charge in [0.15, 0.2) is 0 Å². The molecule has 2 aliphatic carbocycles. The van der Waals surface area contributed by atoms with E-state index in [1.54, 1.807) is 7.11 Å². The summed E-state index contributed by atoms with van der Waals surface area (Å²) < 4.78 is 18.3. The average molecular weight is 307 g/mol. The van der Waals surface area contributed by atoms with Crippen molar-refractivity contribution in [1.29, 1.82) is 0 Å². The van der Waals surface area contributed by atoms with Gasteiger partial charge >= 0.3 is 0 Å². The summed E-state index contributed by atoms with van der Waals surface area (Å²) >= 11 is 0. The van der Waals surface area contributed by atoms with E-state index in [1.165, 1.54) is 24.0 Å². The number of ether oxygens (including phenoxy) is 1. The topological polar surface area (TPSA) is 38.3 Å². The maximum atomic E-state index is 13.0. The molecule has 0 amide bonds. The summed E-state index contributed by atoms with van der Waals surface area (Å²) in [6.45, 7) is 0. The van der Waals surface area contributed by atoms with Gasteiger partial charge in [0.05, 0.1) is 12.4 Å². The van der Waals surface area contributed by atoms with Gasteiger partial charge in [-0.3, -0.25) is 4.21 Å². The fraction of sp³-hybridized carbons (Fsp3) is 0.647. The Morgan fingerprint density at radius 1 is 1.24 bits per heavy atom. The van der Waals surface area contributed by atoms with E-state index < -0.39 is 10.8 Å². The van der Waals surface area contributed by atoms with Crippen LogP contribution in [0.5, 0.6) is 5.75 Å². The van der Waals surface area contributed by atoms with E-state index in [0.29, 0.717) is 5.25 Å². The second kappa shape index (κ2) is 6.49. The molecule has 1 aromatic carbocycles. The van der Waals surface area contributed by atoms with Crippen LogP contribution in [0, 0.1) is 0 Å². The molecule has 0 radical (unpaired) electrons. The van der Waals surface area contributed by atoms with E-state index in [2.05, 4.69) is 17.4 Å². The van der Waals surface area contributed by atoms with Crippen LogP contribution in [0.4, 0.5) is 0 Å². The minimum absolute atomic E-state index is 0.185. The third-order valence-corrected chi connectivity index (χ3v) is 7.23. The van der Waals surface area contributed by atoms with Gasteiger partial charge in [-0.05, 0) is 56.0 Å². The molecule has 0 spiro atoms. The van der Waals surface area contributed by atoms with Crippen LogP contribution in [-0.2, 0) is 17.2 Å². The van der Waals surface area contributed by atoms with Crippen molar-refractivity contribution in [2.24, 2.45) is 0 Å². The number of hydrogen-bond donors (Lipinski definition) is 1. The first-order valence-corrected chi connectivity index (χ1v) is 9.25. The standard InChI is InChI=1S/C17H25NO2S/c1-18-17-15-11-13(20-2)9-7-12(15)8-10-16(17)21(19)14-5-3-4-6-14/h7,9,11,14,16-18H,3-6,8,10H2,1-2H3. The molecule has 1 N–H and O–H groups in total. The third-order valence-electron chi connectivity index (χ3n) is 5.00. The molecular formula is C17H25NO2S. The van der Waals surface area contributed by atoms with Crippen molar-refractivity contribution < 1.29 is 8.95 Å². The van der Waals surface area contributed by atoms with E-state index in [4.69, 9.17) is 4.74 Å². The van der Waals surface area contributed by atoms with E-state index in [9.17, 15) is 4.21 Å². The lowest BCUT2D eigenvalue weighted by Crippen LogP contribution is -2.39. The lowest BCUT2D eigenvalue weighted by molar-refractivity contribution is 0.411. The van der Waals surface area contributed by atoms with Gasteiger partial charge in [-0.15, -0.1) is 0 Å². The average Bonchev–Trinajstić information content (AvgIpc) is 3.06. The number of nitrogens with one attached hydrogen (secondary N) is 1. The maximum Gasteiger partial charge on any atom is 0.119 e. The summed E-state index contributed by atoms with van der Waals surface area (Å²) in [7, 11) is 2.95. The highest BCUT2D eigenvalue weighted by Crippen LogP contribution is 2.37. The highest BCUT2D eigenvalue weighted by atomic mass is 32.2. The van der Waals surface area contributed by atoms with Crippen LogP contribution >= 0.6 is 0 Å². The first-order valence-electron chi connectivity index (χ1n) is 7.98. The molecule has 0 aliphatic heterocycles. The molecule has 1 aromatic rings. The fourth-order valence-electron chi connectivity index (χ4n) is 3.84. The third kappa shape index (κ3) is 2.88. The van der Waals surface area contributed by atoms with Crippen LogP contribution < -0.4 is 10.1 Å². The summed E-state index contributed by atoms with van der Waals surface area (Å²) in [4.78, 5) is 0. The molecule has 3 nitrogen and oxygen atoms in total. The molecule has 3 unspecified atom stereocenters. The number of aryl methyl sites for hydroxylation is 1. The van der Waals surface area contributed by atoms with Crippen LogP contribution in [0.2, 0.25) is 0 Å². The highest BCUT2D eigenvalue weighted by molar-refractivity contribution is 7.86. The zero-order valence-electron chi connectivity index (χ0n) is 12.9. The van der Waals surface area contributed by atoms with Crippen molar-refractivity contribution in [2.45, 2.75) is 55.1 Å². The van der Waals surface area contributed by atoms with Gasteiger partial charge in [-0.1, -0.05) is 18.9 Å². The Balaban J connectivity index is 1.88. The number of rotatable bonds is 4. The molecule has 2 aliphatic rings. The van der Waals surface area contributed by atoms with E-state index in [0.717, 1.165) is 31.4 Å². The summed E-state index contributed by atoms with van der Waals surface area (Å²) in [5.41, 5.74) is 2.65. The lowest BCUT2D eigenvalue weighted by atomic mass is 9.87.